The zero-order valence-corrected chi connectivity index (χ0v) is 8.46. The van der Waals surface area contributed by atoms with Gasteiger partial charge >= 0.3 is 0 Å². The second-order valence-electron chi connectivity index (χ2n) is 2.90. The van der Waals surface area contributed by atoms with Crippen LogP contribution in [0.15, 0.2) is 29.4 Å². The van der Waals surface area contributed by atoms with Gasteiger partial charge in [0.05, 0.1) is 12.6 Å². The number of benzene rings is 1. The first kappa shape index (κ1) is 11.6. The third kappa shape index (κ3) is 2.76. The highest BCUT2D eigenvalue weighted by molar-refractivity contribution is 5.49. The molecule has 0 amide bonds. The first-order valence-electron chi connectivity index (χ1n) is 4.54. The molecular formula is C11H9N5. The Kier molecular flexibility index (Phi) is 4.43. The average molecular weight is 211 g/mol. The third-order valence-electron chi connectivity index (χ3n) is 1.94. The zero-order valence-electron chi connectivity index (χ0n) is 8.46. The molecule has 78 valence electrons. The Morgan fingerprint density at radius 3 is 2.94 bits per heavy atom. The van der Waals surface area contributed by atoms with Gasteiger partial charge in [-0.3, -0.25) is 5.32 Å². The van der Waals surface area contributed by atoms with E-state index in [1.165, 1.54) is 0 Å². The van der Waals surface area contributed by atoms with E-state index in [1.54, 1.807) is 24.3 Å². The van der Waals surface area contributed by atoms with Crippen molar-refractivity contribution < 1.29 is 0 Å². The molecule has 1 rings (SSSR count). The fraction of sp³-hybridized carbons (Fsp3) is 0.182. The van der Waals surface area contributed by atoms with Gasteiger partial charge in [0.25, 0.3) is 0 Å². The number of hydrogen-bond donors (Lipinski definition) is 1. The molecule has 0 aromatic heterocycles. The summed E-state index contributed by atoms with van der Waals surface area (Å²) in [5.41, 5.74) is 9.45. The van der Waals surface area contributed by atoms with Crippen LogP contribution < -0.4 is 5.32 Å². The second kappa shape index (κ2) is 6.10. The first-order chi connectivity index (χ1) is 7.83. The molecule has 1 aromatic carbocycles. The summed E-state index contributed by atoms with van der Waals surface area (Å²) in [6, 6.07) is 8.37. The van der Waals surface area contributed by atoms with Crippen LogP contribution in [-0.4, -0.2) is 6.54 Å². The molecular weight excluding hydrogens is 202 g/mol. The van der Waals surface area contributed by atoms with Crippen LogP contribution >= 0.6 is 0 Å². The fourth-order valence-corrected chi connectivity index (χ4v) is 1.26. The number of rotatable bonds is 4. The summed E-state index contributed by atoms with van der Waals surface area (Å²) < 4.78 is 0. The molecule has 1 N–H and O–H groups in total. The number of nitrogens with zero attached hydrogens (tertiary/aromatic N) is 4. The molecule has 0 heterocycles. The summed E-state index contributed by atoms with van der Waals surface area (Å²) in [6.45, 7) is 0.281. The molecule has 0 saturated carbocycles. The maximum Gasteiger partial charge on any atom is 0.122 e. The van der Waals surface area contributed by atoms with E-state index in [0.717, 1.165) is 0 Å². The van der Waals surface area contributed by atoms with Crippen LogP contribution in [0.2, 0.25) is 0 Å². The number of nitriles is 1. The van der Waals surface area contributed by atoms with Crippen molar-refractivity contribution >= 4 is 5.69 Å². The van der Waals surface area contributed by atoms with Gasteiger partial charge in [-0.05, 0) is 11.1 Å². The molecule has 0 aliphatic heterocycles. The largest absolute Gasteiger partial charge is 0.287 e. The summed E-state index contributed by atoms with van der Waals surface area (Å²) in [4.78, 5) is 2.71. The van der Waals surface area contributed by atoms with E-state index in [9.17, 15) is 0 Å². The topological polar surface area (TPSA) is 84.6 Å². The standard InChI is InChI=1S/C11H9N5/c1-2-7-14-11(8-12)9-5-3-4-6-10(9)15-16-13/h1,3-6,11,14H,7H2. The molecule has 0 radical (unpaired) electrons. The van der Waals surface area contributed by atoms with Crippen molar-refractivity contribution in [3.05, 3.63) is 40.3 Å². The summed E-state index contributed by atoms with van der Waals surface area (Å²) in [5.74, 6) is 2.39. The van der Waals surface area contributed by atoms with Gasteiger partial charge < -0.3 is 0 Å². The Morgan fingerprint density at radius 2 is 2.31 bits per heavy atom. The van der Waals surface area contributed by atoms with E-state index >= 15 is 0 Å². The van der Waals surface area contributed by atoms with E-state index in [4.69, 9.17) is 17.2 Å². The van der Waals surface area contributed by atoms with Crippen LogP contribution in [0, 0.1) is 23.7 Å². The second-order valence-corrected chi connectivity index (χ2v) is 2.90. The molecule has 1 aromatic rings. The summed E-state index contributed by atoms with van der Waals surface area (Å²) in [5, 5.41) is 15.4. The Balaban J connectivity index is 3.06. The lowest BCUT2D eigenvalue weighted by Gasteiger charge is -2.11. The Morgan fingerprint density at radius 1 is 1.56 bits per heavy atom. The number of azide groups is 1. The van der Waals surface area contributed by atoms with Gasteiger partial charge in [-0.1, -0.05) is 35.3 Å². The van der Waals surface area contributed by atoms with Gasteiger partial charge in [-0.2, -0.15) is 5.26 Å². The smallest absolute Gasteiger partial charge is 0.122 e. The normalized spacial score (nSPS) is 10.6. The maximum atomic E-state index is 8.98. The van der Waals surface area contributed by atoms with E-state index in [1.807, 2.05) is 0 Å². The van der Waals surface area contributed by atoms with Crippen molar-refractivity contribution in [1.82, 2.24) is 5.32 Å². The highest BCUT2D eigenvalue weighted by Crippen LogP contribution is 2.24. The van der Waals surface area contributed by atoms with Gasteiger partial charge in [0.15, 0.2) is 0 Å². The van der Waals surface area contributed by atoms with Gasteiger partial charge in [-0.25, -0.2) is 0 Å². The van der Waals surface area contributed by atoms with Crippen LogP contribution in [0.25, 0.3) is 10.4 Å². The predicted molar refractivity (Wildman–Crippen MR) is 60.4 cm³/mol. The van der Waals surface area contributed by atoms with Crippen LogP contribution in [0.3, 0.4) is 0 Å². The van der Waals surface area contributed by atoms with Crippen molar-refractivity contribution in [3.63, 3.8) is 0 Å². The molecule has 0 fully saturated rings. The van der Waals surface area contributed by atoms with Crippen molar-refractivity contribution in [1.29, 1.82) is 5.26 Å². The SMILES string of the molecule is C#CCNC(C#N)c1ccccc1N=[N+]=[N-]. The Labute approximate surface area is 93.3 Å². The zero-order chi connectivity index (χ0) is 11.8. The minimum atomic E-state index is -0.572. The molecule has 0 aliphatic rings. The number of terminal acetylenes is 1. The quantitative estimate of drug-likeness (QED) is 0.359. The minimum Gasteiger partial charge on any atom is -0.287 e. The van der Waals surface area contributed by atoms with Gasteiger partial charge in [0.1, 0.15) is 6.04 Å². The predicted octanol–water partition coefficient (Wildman–Crippen LogP) is 2.42. The van der Waals surface area contributed by atoms with E-state index < -0.39 is 6.04 Å². The van der Waals surface area contributed by atoms with Crippen LogP contribution in [-0.2, 0) is 0 Å². The summed E-state index contributed by atoms with van der Waals surface area (Å²) in [6.07, 6.45) is 5.10. The van der Waals surface area contributed by atoms with Gasteiger partial charge in [-0.15, -0.1) is 6.42 Å². The van der Waals surface area contributed by atoms with E-state index in [-0.39, 0.29) is 6.54 Å². The number of hydrogen-bond acceptors (Lipinski definition) is 3. The molecule has 0 spiro atoms. The van der Waals surface area contributed by atoms with Crippen molar-refractivity contribution in [2.24, 2.45) is 5.11 Å². The highest BCUT2D eigenvalue weighted by Gasteiger charge is 2.12. The molecule has 16 heavy (non-hydrogen) atoms. The molecule has 0 saturated heterocycles. The maximum absolute atomic E-state index is 8.98. The van der Waals surface area contributed by atoms with Gasteiger partial charge in [0.2, 0.25) is 0 Å². The molecule has 0 aliphatic carbocycles. The lowest BCUT2D eigenvalue weighted by atomic mass is 10.1. The van der Waals surface area contributed by atoms with Crippen LogP contribution in [0.4, 0.5) is 5.69 Å². The lowest BCUT2D eigenvalue weighted by Crippen LogP contribution is -2.20. The van der Waals surface area contributed by atoms with Crippen molar-refractivity contribution in [2.45, 2.75) is 6.04 Å². The molecule has 1 atom stereocenters. The van der Waals surface area contributed by atoms with E-state index in [0.29, 0.717) is 11.3 Å². The van der Waals surface area contributed by atoms with E-state index in [2.05, 4.69) is 27.3 Å². The molecule has 5 nitrogen and oxygen atoms in total. The monoisotopic (exact) mass is 211 g/mol. The Bertz CT molecular complexity index is 488. The van der Waals surface area contributed by atoms with Crippen molar-refractivity contribution in [2.75, 3.05) is 6.54 Å². The minimum absolute atomic E-state index is 0.281. The molecule has 5 heteroatoms. The third-order valence-corrected chi connectivity index (χ3v) is 1.94. The highest BCUT2D eigenvalue weighted by atomic mass is 15.1. The molecule has 1 unspecified atom stereocenters. The van der Waals surface area contributed by atoms with Gasteiger partial charge in [0, 0.05) is 10.6 Å². The van der Waals surface area contributed by atoms with Crippen LogP contribution in [0.1, 0.15) is 11.6 Å². The summed E-state index contributed by atoms with van der Waals surface area (Å²) >= 11 is 0. The fourth-order valence-electron chi connectivity index (χ4n) is 1.26. The number of nitrogens with one attached hydrogen (secondary N) is 1. The van der Waals surface area contributed by atoms with Crippen LogP contribution in [0.5, 0.6) is 0 Å². The summed E-state index contributed by atoms with van der Waals surface area (Å²) in [7, 11) is 0. The average Bonchev–Trinajstić information content (AvgIpc) is 2.32. The lowest BCUT2D eigenvalue weighted by molar-refractivity contribution is 0.691. The first-order valence-corrected chi connectivity index (χ1v) is 4.54. The Hall–Kier alpha value is -2.46. The van der Waals surface area contributed by atoms with Crippen molar-refractivity contribution in [3.8, 4) is 18.4 Å². The molecule has 0 bridgehead atoms.